The molecule has 1 aromatic carbocycles. The minimum atomic E-state index is -1.37. The van der Waals surface area contributed by atoms with Crippen LogP contribution in [0.25, 0.3) is 0 Å². The summed E-state index contributed by atoms with van der Waals surface area (Å²) in [6.45, 7) is 0.864. The van der Waals surface area contributed by atoms with Gasteiger partial charge in [-0.15, -0.1) is 0 Å². The van der Waals surface area contributed by atoms with E-state index in [-0.39, 0.29) is 24.4 Å². The number of aliphatic hydroxyl groups excluding tert-OH is 1. The van der Waals surface area contributed by atoms with E-state index in [4.69, 9.17) is 5.73 Å². The van der Waals surface area contributed by atoms with Crippen molar-refractivity contribution in [1.29, 1.82) is 0 Å². The number of nitrogens with two attached hydrogens (primary N) is 1. The molecule has 0 bridgehead atoms. The number of anilines is 1. The summed E-state index contributed by atoms with van der Waals surface area (Å²) in [5, 5.41) is 14.4. The molecule has 1 saturated carbocycles. The normalized spacial score (nSPS) is 25.8. The molecule has 4 amide bonds. The van der Waals surface area contributed by atoms with Crippen molar-refractivity contribution in [2.45, 2.75) is 24.5 Å². The zero-order valence-corrected chi connectivity index (χ0v) is 12.7. The Morgan fingerprint density at radius 2 is 2.12 bits per heavy atom. The van der Waals surface area contributed by atoms with Crippen LogP contribution in [0.15, 0.2) is 18.2 Å². The van der Waals surface area contributed by atoms with Gasteiger partial charge in [-0.2, -0.15) is 0 Å². The number of nitrogens with one attached hydrogen (secondary N) is 2. The molecular formula is C15H17FN4O4. The van der Waals surface area contributed by atoms with Crippen LogP contribution in [-0.4, -0.2) is 47.7 Å². The second-order valence-corrected chi connectivity index (χ2v) is 6.01. The average Bonchev–Trinajstić information content (AvgIpc) is 2.91. The molecule has 0 aromatic heterocycles. The van der Waals surface area contributed by atoms with E-state index in [1.165, 1.54) is 17.0 Å². The van der Waals surface area contributed by atoms with Crippen molar-refractivity contribution in [1.82, 2.24) is 10.6 Å². The quantitative estimate of drug-likeness (QED) is 0.589. The molecule has 0 radical (unpaired) electrons. The molecule has 0 unspecified atom stereocenters. The molecule has 128 valence electrons. The van der Waals surface area contributed by atoms with Crippen molar-refractivity contribution in [3.05, 3.63) is 29.6 Å². The Kier molecular flexibility index (Phi) is 3.88. The maximum Gasteiger partial charge on any atom is 0.321 e. The molecule has 1 aromatic rings. The first-order chi connectivity index (χ1) is 11.3. The second-order valence-electron chi connectivity index (χ2n) is 6.01. The largest absolute Gasteiger partial charge is 0.393 e. The fraction of sp³-hybridized carbons (Fsp3) is 0.400. The van der Waals surface area contributed by atoms with Gasteiger partial charge in [-0.3, -0.25) is 14.5 Å². The fourth-order valence-corrected chi connectivity index (χ4v) is 2.97. The van der Waals surface area contributed by atoms with Gasteiger partial charge in [0.05, 0.1) is 11.7 Å². The smallest absolute Gasteiger partial charge is 0.321 e. The molecule has 3 rings (SSSR count). The molecule has 0 spiro atoms. The Bertz CT molecular complexity index is 717. The first-order valence-corrected chi connectivity index (χ1v) is 7.48. The van der Waals surface area contributed by atoms with E-state index in [2.05, 4.69) is 10.6 Å². The van der Waals surface area contributed by atoms with Crippen molar-refractivity contribution in [2.24, 2.45) is 5.73 Å². The van der Waals surface area contributed by atoms with Crippen LogP contribution >= 0.6 is 0 Å². The van der Waals surface area contributed by atoms with Crippen molar-refractivity contribution < 1.29 is 23.9 Å². The highest BCUT2D eigenvalue weighted by atomic mass is 19.1. The van der Waals surface area contributed by atoms with Gasteiger partial charge in [0.2, 0.25) is 5.91 Å². The summed E-state index contributed by atoms with van der Waals surface area (Å²) in [4.78, 5) is 37.0. The van der Waals surface area contributed by atoms with Gasteiger partial charge in [0.1, 0.15) is 11.4 Å². The first-order valence-electron chi connectivity index (χ1n) is 7.48. The number of hydrogen-bond acceptors (Lipinski definition) is 4. The second kappa shape index (κ2) is 5.75. The number of primary amides is 1. The van der Waals surface area contributed by atoms with Crippen molar-refractivity contribution in [3.8, 4) is 0 Å². The average molecular weight is 336 g/mol. The fourth-order valence-electron chi connectivity index (χ4n) is 2.97. The lowest BCUT2D eigenvalue weighted by molar-refractivity contribution is -0.132. The van der Waals surface area contributed by atoms with Gasteiger partial charge in [-0.05, 0) is 18.2 Å². The maximum absolute atomic E-state index is 14.0. The predicted octanol–water partition coefficient (Wildman–Crippen LogP) is -0.536. The molecule has 1 aliphatic heterocycles. The topological polar surface area (TPSA) is 125 Å². The lowest BCUT2D eigenvalue weighted by Crippen LogP contribution is -2.66. The van der Waals surface area contributed by atoms with E-state index < -0.39 is 29.3 Å². The number of urea groups is 1. The molecule has 5 N–H and O–H groups in total. The van der Waals surface area contributed by atoms with Crippen LogP contribution in [-0.2, 0) is 4.79 Å². The zero-order chi connectivity index (χ0) is 17.5. The van der Waals surface area contributed by atoms with Crippen LogP contribution in [0.1, 0.15) is 23.2 Å². The molecular weight excluding hydrogens is 319 g/mol. The predicted molar refractivity (Wildman–Crippen MR) is 81.8 cm³/mol. The summed E-state index contributed by atoms with van der Waals surface area (Å²) in [5.41, 5.74) is 3.99. The van der Waals surface area contributed by atoms with E-state index in [0.717, 1.165) is 6.07 Å². The maximum atomic E-state index is 14.0. The molecule has 24 heavy (non-hydrogen) atoms. The third-order valence-electron chi connectivity index (χ3n) is 4.36. The van der Waals surface area contributed by atoms with E-state index in [1.54, 1.807) is 0 Å². The number of carbonyl (C=O) groups excluding carboxylic acids is 3. The Morgan fingerprint density at radius 1 is 1.42 bits per heavy atom. The number of nitrogens with zero attached hydrogens (tertiary/aromatic N) is 1. The molecule has 9 heteroatoms. The molecule has 8 nitrogen and oxygen atoms in total. The van der Waals surface area contributed by atoms with Gasteiger partial charge in [-0.1, -0.05) is 0 Å². The number of hydrogen-bond donors (Lipinski definition) is 4. The standard InChI is InChI=1S/C15H17FN4O4/c16-11-2-1-8(20-4-3-18-14(20)24)5-10(11)12(22)19-15(13(17)23)6-9(21)7-15/h1-2,5,9,21H,3-4,6-7H2,(H2,17,23)(H,18,24)(H,19,22). The van der Waals surface area contributed by atoms with E-state index in [1.807, 2.05) is 0 Å². The van der Waals surface area contributed by atoms with Gasteiger partial charge >= 0.3 is 6.03 Å². The first kappa shape index (κ1) is 16.2. The van der Waals surface area contributed by atoms with Gasteiger partial charge in [-0.25, -0.2) is 9.18 Å². The molecule has 2 aliphatic rings. The van der Waals surface area contributed by atoms with Gasteiger partial charge in [0.25, 0.3) is 5.91 Å². The molecule has 1 heterocycles. The number of carbonyl (C=O) groups is 3. The summed E-state index contributed by atoms with van der Waals surface area (Å²) in [6.07, 6.45) is -0.754. The number of halogens is 1. The van der Waals surface area contributed by atoms with E-state index >= 15 is 0 Å². The highest BCUT2D eigenvalue weighted by molar-refractivity contribution is 6.01. The monoisotopic (exact) mass is 336 g/mol. The Balaban J connectivity index is 1.84. The van der Waals surface area contributed by atoms with Crippen LogP contribution in [0, 0.1) is 5.82 Å². The van der Waals surface area contributed by atoms with Crippen LogP contribution in [0.5, 0.6) is 0 Å². The number of rotatable bonds is 4. The lowest BCUT2D eigenvalue weighted by atomic mass is 9.73. The summed E-state index contributed by atoms with van der Waals surface area (Å²) < 4.78 is 14.0. The Morgan fingerprint density at radius 3 is 2.67 bits per heavy atom. The number of aliphatic hydroxyl groups is 1. The third kappa shape index (κ3) is 2.67. The van der Waals surface area contributed by atoms with Crippen LogP contribution in [0.2, 0.25) is 0 Å². The lowest BCUT2D eigenvalue weighted by Gasteiger charge is -2.43. The van der Waals surface area contributed by atoms with Crippen LogP contribution in [0.4, 0.5) is 14.9 Å². The van der Waals surface area contributed by atoms with Gasteiger partial charge < -0.3 is 21.5 Å². The Labute approximate surface area is 136 Å². The minimum absolute atomic E-state index is 0.0100. The summed E-state index contributed by atoms with van der Waals surface area (Å²) in [7, 11) is 0. The summed E-state index contributed by atoms with van der Waals surface area (Å²) in [5.74, 6) is -2.38. The van der Waals surface area contributed by atoms with Gasteiger partial charge in [0, 0.05) is 31.6 Å². The van der Waals surface area contributed by atoms with Crippen molar-refractivity contribution >= 4 is 23.5 Å². The minimum Gasteiger partial charge on any atom is -0.393 e. The highest BCUT2D eigenvalue weighted by Crippen LogP contribution is 2.32. The number of benzene rings is 1. The summed E-state index contributed by atoms with van der Waals surface area (Å²) in [6, 6.07) is 3.40. The Hall–Kier alpha value is -2.68. The zero-order valence-electron chi connectivity index (χ0n) is 12.7. The van der Waals surface area contributed by atoms with E-state index in [9.17, 15) is 23.9 Å². The van der Waals surface area contributed by atoms with Crippen molar-refractivity contribution in [2.75, 3.05) is 18.0 Å². The molecule has 1 aliphatic carbocycles. The number of amides is 4. The van der Waals surface area contributed by atoms with E-state index in [0.29, 0.717) is 18.8 Å². The van der Waals surface area contributed by atoms with Crippen molar-refractivity contribution in [3.63, 3.8) is 0 Å². The highest BCUT2D eigenvalue weighted by Gasteiger charge is 2.50. The third-order valence-corrected chi connectivity index (χ3v) is 4.36. The molecule has 2 fully saturated rings. The molecule has 1 saturated heterocycles. The van der Waals surface area contributed by atoms with Crippen LogP contribution < -0.4 is 21.3 Å². The summed E-state index contributed by atoms with van der Waals surface area (Å²) >= 11 is 0. The SMILES string of the molecule is NC(=O)C1(NC(=O)c2cc(N3CCNC3=O)ccc2F)CC(O)C1. The van der Waals surface area contributed by atoms with Gasteiger partial charge in [0.15, 0.2) is 0 Å². The van der Waals surface area contributed by atoms with Crippen LogP contribution in [0.3, 0.4) is 0 Å². The molecule has 0 atom stereocenters.